The lowest BCUT2D eigenvalue weighted by Gasteiger charge is -2.12. The van der Waals surface area contributed by atoms with Gasteiger partial charge in [-0.05, 0) is 25.1 Å². The van der Waals surface area contributed by atoms with E-state index in [1.54, 1.807) is 31.5 Å². The average Bonchev–Trinajstić information content (AvgIpc) is 3.00. The van der Waals surface area contributed by atoms with Crippen molar-refractivity contribution in [3.05, 3.63) is 40.9 Å². The highest BCUT2D eigenvalue weighted by Gasteiger charge is 2.18. The molecule has 0 aliphatic rings. The lowest BCUT2D eigenvalue weighted by molar-refractivity contribution is -0.115. The standard InChI is InChI=1S/C14H11Cl2N5OS/c1-7(13(22)21-8-2-3-9(15)10(16)4-8)23-14-11-12(18-5-17-11)19-6-20-14/h2-7H,1H3,(H,21,22)(H,17,18,19,20). The number of halogens is 2. The van der Waals surface area contributed by atoms with E-state index >= 15 is 0 Å². The zero-order valence-corrected chi connectivity index (χ0v) is 14.2. The maximum absolute atomic E-state index is 12.3. The quantitative estimate of drug-likeness (QED) is 0.541. The normalized spacial score (nSPS) is 12.3. The summed E-state index contributed by atoms with van der Waals surface area (Å²) in [4.78, 5) is 27.6. The van der Waals surface area contributed by atoms with Crippen LogP contribution in [0.25, 0.3) is 11.2 Å². The predicted molar refractivity (Wildman–Crippen MR) is 92.1 cm³/mol. The molecule has 1 amide bonds. The van der Waals surface area contributed by atoms with Crippen LogP contribution in [0, 0.1) is 0 Å². The highest BCUT2D eigenvalue weighted by atomic mass is 35.5. The molecule has 0 aliphatic heterocycles. The van der Waals surface area contributed by atoms with Crippen molar-refractivity contribution in [3.8, 4) is 0 Å². The number of carbonyl (C=O) groups is 1. The molecular weight excluding hydrogens is 357 g/mol. The molecule has 9 heteroatoms. The van der Waals surface area contributed by atoms with Crippen LogP contribution in [0.3, 0.4) is 0 Å². The first kappa shape index (κ1) is 16.0. The second-order valence-electron chi connectivity index (χ2n) is 4.66. The molecule has 0 aliphatic carbocycles. The molecule has 0 saturated carbocycles. The van der Waals surface area contributed by atoms with Gasteiger partial charge >= 0.3 is 0 Å². The van der Waals surface area contributed by atoms with E-state index in [1.165, 1.54) is 18.1 Å². The number of hydrogen-bond acceptors (Lipinski definition) is 5. The van der Waals surface area contributed by atoms with Gasteiger partial charge in [-0.2, -0.15) is 0 Å². The van der Waals surface area contributed by atoms with Gasteiger partial charge in [0.1, 0.15) is 16.9 Å². The molecule has 1 atom stereocenters. The average molecular weight is 368 g/mol. The number of fused-ring (bicyclic) bond motifs is 1. The summed E-state index contributed by atoms with van der Waals surface area (Å²) < 4.78 is 0. The summed E-state index contributed by atoms with van der Waals surface area (Å²) in [7, 11) is 0. The van der Waals surface area contributed by atoms with Gasteiger partial charge in [-0.1, -0.05) is 35.0 Å². The zero-order chi connectivity index (χ0) is 16.4. The van der Waals surface area contributed by atoms with E-state index in [0.29, 0.717) is 31.9 Å². The number of hydrogen-bond donors (Lipinski definition) is 2. The van der Waals surface area contributed by atoms with Crippen LogP contribution in [-0.4, -0.2) is 31.1 Å². The Hall–Kier alpha value is -1.83. The maximum Gasteiger partial charge on any atom is 0.237 e. The molecule has 0 bridgehead atoms. The molecule has 3 aromatic rings. The Morgan fingerprint density at radius 3 is 2.87 bits per heavy atom. The van der Waals surface area contributed by atoms with Crippen LogP contribution < -0.4 is 5.32 Å². The number of imidazole rings is 1. The van der Waals surface area contributed by atoms with Gasteiger partial charge in [0.05, 0.1) is 21.6 Å². The number of nitrogens with one attached hydrogen (secondary N) is 2. The maximum atomic E-state index is 12.3. The van der Waals surface area contributed by atoms with Crippen LogP contribution in [0.4, 0.5) is 5.69 Å². The van der Waals surface area contributed by atoms with Crippen molar-refractivity contribution in [2.24, 2.45) is 0 Å². The van der Waals surface area contributed by atoms with Gasteiger partial charge in [-0.15, -0.1) is 0 Å². The van der Waals surface area contributed by atoms with Crippen LogP contribution in [0.5, 0.6) is 0 Å². The van der Waals surface area contributed by atoms with Gasteiger partial charge in [0.2, 0.25) is 5.91 Å². The molecule has 2 N–H and O–H groups in total. The number of aromatic nitrogens is 4. The lowest BCUT2D eigenvalue weighted by Crippen LogP contribution is -2.22. The molecule has 0 fully saturated rings. The summed E-state index contributed by atoms with van der Waals surface area (Å²) in [5.74, 6) is -0.167. The second kappa shape index (κ2) is 6.74. The Morgan fingerprint density at radius 2 is 2.09 bits per heavy atom. The Kier molecular flexibility index (Phi) is 4.70. The SMILES string of the molecule is CC(Sc1ncnc2nc[nH]c12)C(=O)Nc1ccc(Cl)c(Cl)c1. The van der Waals surface area contributed by atoms with Crippen LogP contribution >= 0.6 is 35.0 Å². The highest BCUT2D eigenvalue weighted by Crippen LogP contribution is 2.28. The highest BCUT2D eigenvalue weighted by molar-refractivity contribution is 8.00. The van der Waals surface area contributed by atoms with Crippen molar-refractivity contribution in [3.63, 3.8) is 0 Å². The lowest BCUT2D eigenvalue weighted by atomic mass is 10.3. The number of H-pyrrole nitrogens is 1. The van der Waals surface area contributed by atoms with Crippen molar-refractivity contribution in [1.29, 1.82) is 0 Å². The predicted octanol–water partition coefficient (Wildman–Crippen LogP) is 3.78. The van der Waals surface area contributed by atoms with Crippen molar-refractivity contribution in [1.82, 2.24) is 19.9 Å². The number of rotatable bonds is 4. The minimum Gasteiger partial charge on any atom is -0.341 e. The molecule has 0 spiro atoms. The molecule has 1 aromatic carbocycles. The monoisotopic (exact) mass is 367 g/mol. The van der Waals surface area contributed by atoms with Crippen molar-refractivity contribution >= 4 is 57.7 Å². The first-order valence-electron chi connectivity index (χ1n) is 6.61. The topological polar surface area (TPSA) is 83.6 Å². The fraction of sp³-hybridized carbons (Fsp3) is 0.143. The molecule has 6 nitrogen and oxygen atoms in total. The van der Waals surface area contributed by atoms with E-state index in [-0.39, 0.29) is 11.2 Å². The molecule has 23 heavy (non-hydrogen) atoms. The molecule has 0 saturated heterocycles. The minimum absolute atomic E-state index is 0.167. The molecule has 118 valence electrons. The number of benzene rings is 1. The number of thioether (sulfide) groups is 1. The van der Waals surface area contributed by atoms with E-state index in [0.717, 1.165) is 0 Å². The van der Waals surface area contributed by atoms with Crippen LogP contribution in [0.2, 0.25) is 10.0 Å². The fourth-order valence-electron chi connectivity index (χ4n) is 1.87. The summed E-state index contributed by atoms with van der Waals surface area (Å²) in [6.45, 7) is 1.79. The van der Waals surface area contributed by atoms with Crippen LogP contribution in [0.15, 0.2) is 35.9 Å². The Balaban J connectivity index is 1.72. The van der Waals surface area contributed by atoms with Gasteiger partial charge in [-0.3, -0.25) is 4.79 Å². The summed E-state index contributed by atoms with van der Waals surface area (Å²) in [6, 6.07) is 4.94. The largest absolute Gasteiger partial charge is 0.341 e. The van der Waals surface area contributed by atoms with Crippen molar-refractivity contribution in [2.45, 2.75) is 17.2 Å². The first-order valence-corrected chi connectivity index (χ1v) is 8.25. The second-order valence-corrected chi connectivity index (χ2v) is 6.80. The van der Waals surface area contributed by atoms with Gasteiger partial charge in [0.15, 0.2) is 5.65 Å². The van der Waals surface area contributed by atoms with Crippen LogP contribution in [0.1, 0.15) is 6.92 Å². The number of anilines is 1. The number of amides is 1. The summed E-state index contributed by atoms with van der Waals surface area (Å²) in [6.07, 6.45) is 2.97. The van der Waals surface area contributed by atoms with Gasteiger partial charge in [0.25, 0.3) is 0 Å². The summed E-state index contributed by atoms with van der Waals surface area (Å²) in [5.41, 5.74) is 1.87. The van der Waals surface area contributed by atoms with Crippen molar-refractivity contribution < 1.29 is 4.79 Å². The molecule has 2 heterocycles. The number of carbonyl (C=O) groups excluding carboxylic acids is 1. The van der Waals surface area contributed by atoms with Gasteiger partial charge in [-0.25, -0.2) is 15.0 Å². The van der Waals surface area contributed by atoms with Gasteiger partial charge < -0.3 is 10.3 Å². The van der Waals surface area contributed by atoms with Gasteiger partial charge in [0, 0.05) is 5.69 Å². The molecule has 3 rings (SSSR count). The summed E-state index contributed by atoms with van der Waals surface area (Å²) >= 11 is 13.1. The third kappa shape index (κ3) is 3.57. The Labute approximate surface area is 146 Å². The van der Waals surface area contributed by atoms with E-state index in [4.69, 9.17) is 23.2 Å². The Bertz CT molecular complexity index is 869. The molecular formula is C14H11Cl2N5OS. The zero-order valence-electron chi connectivity index (χ0n) is 11.9. The summed E-state index contributed by atoms with van der Waals surface area (Å²) in [5, 5.41) is 3.93. The van der Waals surface area contributed by atoms with E-state index < -0.39 is 0 Å². The minimum atomic E-state index is -0.370. The van der Waals surface area contributed by atoms with E-state index in [9.17, 15) is 4.79 Å². The van der Waals surface area contributed by atoms with Crippen LogP contribution in [-0.2, 0) is 4.79 Å². The van der Waals surface area contributed by atoms with E-state index in [2.05, 4.69) is 25.3 Å². The van der Waals surface area contributed by atoms with Crippen molar-refractivity contribution in [2.75, 3.05) is 5.32 Å². The number of nitrogens with zero attached hydrogens (tertiary/aromatic N) is 3. The molecule has 2 aromatic heterocycles. The fourth-order valence-corrected chi connectivity index (χ4v) is 3.05. The first-order chi connectivity index (χ1) is 11.0. The third-order valence-corrected chi connectivity index (χ3v) is 4.87. The molecule has 1 unspecified atom stereocenters. The molecule has 0 radical (unpaired) electrons. The number of aromatic amines is 1. The Morgan fingerprint density at radius 1 is 1.26 bits per heavy atom. The van der Waals surface area contributed by atoms with E-state index in [1.807, 2.05) is 0 Å². The third-order valence-electron chi connectivity index (χ3n) is 3.03. The smallest absolute Gasteiger partial charge is 0.237 e.